The van der Waals surface area contributed by atoms with E-state index >= 15 is 0 Å². The minimum Gasteiger partial charge on any atom is -0.352 e. The molecule has 1 N–H and O–H groups in total. The Hall–Kier alpha value is -1.86. The summed E-state index contributed by atoms with van der Waals surface area (Å²) in [5, 5.41) is 2.95. The van der Waals surface area contributed by atoms with Gasteiger partial charge in [-0.05, 0) is 55.0 Å². The average Bonchev–Trinajstić information content (AvgIpc) is 2.61. The van der Waals surface area contributed by atoms with E-state index in [0.717, 1.165) is 27.0 Å². The molecule has 0 bridgehead atoms. The van der Waals surface area contributed by atoms with Crippen molar-refractivity contribution in [3.8, 4) is 0 Å². The number of nitrogens with zero attached hydrogens (tertiary/aromatic N) is 1. The van der Waals surface area contributed by atoms with Gasteiger partial charge in [-0.15, -0.1) is 0 Å². The van der Waals surface area contributed by atoms with Crippen LogP contribution in [0, 0.1) is 6.92 Å². The van der Waals surface area contributed by atoms with Crippen LogP contribution in [-0.4, -0.2) is 33.2 Å². The van der Waals surface area contributed by atoms with Gasteiger partial charge >= 0.3 is 0 Å². The Morgan fingerprint density at radius 2 is 1.79 bits per heavy atom. The standard InChI is InChI=1S/C22H29BrN2O3S/c1-16-13-19(11-12-20(16)23)25(29(5,27)28)15-21(26)24-17(2)14-22(3,4)18-9-7-6-8-10-18/h6-13,17H,14-15H2,1-5H3,(H,24,26). The smallest absolute Gasteiger partial charge is 0.240 e. The monoisotopic (exact) mass is 480 g/mol. The minimum atomic E-state index is -3.60. The highest BCUT2D eigenvalue weighted by Crippen LogP contribution is 2.28. The zero-order chi connectivity index (χ0) is 21.8. The average molecular weight is 481 g/mol. The Bertz CT molecular complexity index is 959. The van der Waals surface area contributed by atoms with Crippen LogP contribution in [0.4, 0.5) is 5.69 Å². The number of carbonyl (C=O) groups excluding carboxylic acids is 1. The van der Waals surface area contributed by atoms with Crippen LogP contribution in [0.25, 0.3) is 0 Å². The third-order valence-corrected chi connectivity index (χ3v) is 6.93. The summed E-state index contributed by atoms with van der Waals surface area (Å²) in [5.41, 5.74) is 2.45. The van der Waals surface area contributed by atoms with Gasteiger partial charge in [0.05, 0.1) is 11.9 Å². The van der Waals surface area contributed by atoms with Gasteiger partial charge in [-0.2, -0.15) is 0 Å². The summed E-state index contributed by atoms with van der Waals surface area (Å²) < 4.78 is 26.6. The van der Waals surface area contributed by atoms with Crippen LogP contribution in [0.5, 0.6) is 0 Å². The number of carbonyl (C=O) groups is 1. The summed E-state index contributed by atoms with van der Waals surface area (Å²) in [6.45, 7) is 7.84. The third kappa shape index (κ3) is 6.57. The molecule has 1 amide bonds. The Morgan fingerprint density at radius 3 is 2.34 bits per heavy atom. The molecule has 0 saturated carbocycles. The molecule has 29 heavy (non-hydrogen) atoms. The first-order chi connectivity index (χ1) is 13.4. The predicted octanol–water partition coefficient (Wildman–Crippen LogP) is 4.40. The van der Waals surface area contributed by atoms with Crippen molar-refractivity contribution >= 4 is 37.5 Å². The van der Waals surface area contributed by atoms with Crippen molar-refractivity contribution in [2.75, 3.05) is 17.1 Å². The van der Waals surface area contributed by atoms with Crippen molar-refractivity contribution in [1.82, 2.24) is 5.32 Å². The van der Waals surface area contributed by atoms with Crippen molar-refractivity contribution in [3.63, 3.8) is 0 Å². The molecule has 2 aromatic carbocycles. The van der Waals surface area contributed by atoms with Gasteiger partial charge in [0.25, 0.3) is 0 Å². The third-order valence-electron chi connectivity index (χ3n) is 4.90. The van der Waals surface area contributed by atoms with Gasteiger partial charge < -0.3 is 5.32 Å². The number of aryl methyl sites for hydroxylation is 1. The summed E-state index contributed by atoms with van der Waals surface area (Å²) in [5.74, 6) is -0.327. The normalized spacial score (nSPS) is 13.0. The molecular weight excluding hydrogens is 452 g/mol. The molecule has 5 nitrogen and oxygen atoms in total. The van der Waals surface area contributed by atoms with E-state index in [1.54, 1.807) is 18.2 Å². The molecule has 0 saturated heterocycles. The Balaban J connectivity index is 2.09. The van der Waals surface area contributed by atoms with Gasteiger partial charge in [0, 0.05) is 10.5 Å². The molecule has 0 aliphatic carbocycles. The van der Waals surface area contributed by atoms with Crippen molar-refractivity contribution in [2.45, 2.75) is 45.6 Å². The summed E-state index contributed by atoms with van der Waals surface area (Å²) >= 11 is 3.41. The SMILES string of the molecule is Cc1cc(N(CC(=O)NC(C)CC(C)(C)c2ccccc2)S(C)(=O)=O)ccc1Br. The molecule has 0 heterocycles. The fourth-order valence-corrected chi connectivity index (χ4v) is 4.55. The number of halogens is 1. The predicted molar refractivity (Wildman–Crippen MR) is 123 cm³/mol. The number of hydrogen-bond acceptors (Lipinski definition) is 3. The second-order valence-corrected chi connectivity index (χ2v) is 10.9. The highest BCUT2D eigenvalue weighted by molar-refractivity contribution is 9.10. The lowest BCUT2D eigenvalue weighted by Crippen LogP contribution is -2.44. The number of rotatable bonds is 8. The van der Waals surface area contributed by atoms with E-state index in [9.17, 15) is 13.2 Å². The second kappa shape index (κ2) is 9.30. The number of hydrogen-bond donors (Lipinski definition) is 1. The zero-order valence-electron chi connectivity index (χ0n) is 17.6. The first-order valence-corrected chi connectivity index (χ1v) is 12.1. The number of benzene rings is 2. The fraction of sp³-hybridized carbons (Fsp3) is 0.409. The van der Waals surface area contributed by atoms with E-state index < -0.39 is 10.0 Å². The molecule has 0 aliphatic rings. The molecule has 158 valence electrons. The van der Waals surface area contributed by atoms with Gasteiger partial charge in [0.1, 0.15) is 6.54 Å². The molecule has 2 rings (SSSR count). The summed E-state index contributed by atoms with van der Waals surface area (Å²) in [4.78, 5) is 12.6. The number of sulfonamides is 1. The molecule has 7 heteroatoms. The fourth-order valence-electron chi connectivity index (χ4n) is 3.46. The molecule has 0 spiro atoms. The molecule has 0 radical (unpaired) electrons. The minimum absolute atomic E-state index is 0.106. The largest absolute Gasteiger partial charge is 0.352 e. The first kappa shape index (κ1) is 23.4. The number of nitrogens with one attached hydrogen (secondary N) is 1. The van der Waals surface area contributed by atoms with E-state index in [1.807, 2.05) is 32.0 Å². The maximum atomic E-state index is 12.6. The first-order valence-electron chi connectivity index (χ1n) is 9.49. The van der Waals surface area contributed by atoms with Crippen LogP contribution in [-0.2, 0) is 20.2 Å². The lowest BCUT2D eigenvalue weighted by Gasteiger charge is -2.30. The zero-order valence-corrected chi connectivity index (χ0v) is 20.0. The molecule has 1 atom stereocenters. The van der Waals surface area contributed by atoms with Gasteiger partial charge in [0.2, 0.25) is 15.9 Å². The van der Waals surface area contributed by atoms with Crippen LogP contribution in [0.1, 0.15) is 38.3 Å². The van der Waals surface area contributed by atoms with Crippen LogP contribution < -0.4 is 9.62 Å². The van der Waals surface area contributed by atoms with E-state index in [-0.39, 0.29) is 23.9 Å². The topological polar surface area (TPSA) is 66.5 Å². The highest BCUT2D eigenvalue weighted by atomic mass is 79.9. The number of amides is 1. The molecular formula is C22H29BrN2O3S. The van der Waals surface area contributed by atoms with Gasteiger partial charge in [-0.1, -0.05) is 60.1 Å². The molecule has 0 fully saturated rings. The van der Waals surface area contributed by atoms with Gasteiger partial charge in [-0.3, -0.25) is 9.10 Å². The van der Waals surface area contributed by atoms with Crippen molar-refractivity contribution in [3.05, 3.63) is 64.1 Å². The van der Waals surface area contributed by atoms with E-state index in [2.05, 4.69) is 47.2 Å². The second-order valence-electron chi connectivity index (χ2n) is 8.13. The molecule has 1 unspecified atom stereocenters. The van der Waals surface area contributed by atoms with E-state index in [4.69, 9.17) is 0 Å². The summed E-state index contributed by atoms with van der Waals surface area (Å²) in [7, 11) is -3.60. The Kier molecular flexibility index (Phi) is 7.51. The molecule has 0 aliphatic heterocycles. The van der Waals surface area contributed by atoms with Crippen LogP contribution in [0.3, 0.4) is 0 Å². The van der Waals surface area contributed by atoms with Crippen molar-refractivity contribution in [2.24, 2.45) is 0 Å². The molecule has 0 aromatic heterocycles. The Labute approximate surface area is 182 Å². The quantitative estimate of drug-likeness (QED) is 0.608. The van der Waals surface area contributed by atoms with Crippen molar-refractivity contribution < 1.29 is 13.2 Å². The highest BCUT2D eigenvalue weighted by Gasteiger charge is 2.26. The number of anilines is 1. The lowest BCUT2D eigenvalue weighted by atomic mass is 9.79. The molecule has 2 aromatic rings. The Morgan fingerprint density at radius 1 is 1.17 bits per heavy atom. The maximum Gasteiger partial charge on any atom is 0.240 e. The van der Waals surface area contributed by atoms with Gasteiger partial charge in [-0.25, -0.2) is 8.42 Å². The summed E-state index contributed by atoms with van der Waals surface area (Å²) in [6, 6.07) is 15.3. The van der Waals surface area contributed by atoms with Crippen LogP contribution in [0.15, 0.2) is 53.0 Å². The summed E-state index contributed by atoms with van der Waals surface area (Å²) in [6.07, 6.45) is 1.85. The van der Waals surface area contributed by atoms with Gasteiger partial charge in [0.15, 0.2) is 0 Å². The van der Waals surface area contributed by atoms with Crippen LogP contribution >= 0.6 is 15.9 Å². The maximum absolute atomic E-state index is 12.6. The van der Waals surface area contributed by atoms with E-state index in [0.29, 0.717) is 5.69 Å². The lowest BCUT2D eigenvalue weighted by molar-refractivity contribution is -0.120. The van der Waals surface area contributed by atoms with E-state index in [1.165, 1.54) is 5.56 Å². The van der Waals surface area contributed by atoms with Crippen LogP contribution in [0.2, 0.25) is 0 Å². The van der Waals surface area contributed by atoms with Crippen molar-refractivity contribution in [1.29, 1.82) is 0 Å².